The Balaban J connectivity index is 0.00000147. The fourth-order valence-corrected chi connectivity index (χ4v) is 5.84. The number of rotatable bonds is 7. The Morgan fingerprint density at radius 1 is 1.15 bits per heavy atom. The molecule has 1 aliphatic carbocycles. The lowest BCUT2D eigenvalue weighted by atomic mass is 9.79. The molecule has 3 aromatic rings. The molecule has 0 unspecified atom stereocenters. The second kappa shape index (κ2) is 13.4. The van der Waals surface area contributed by atoms with Gasteiger partial charge in [0.1, 0.15) is 40.4 Å². The molecule has 0 spiro atoms. The first-order valence-corrected chi connectivity index (χ1v) is 13.8. The lowest BCUT2D eigenvalue weighted by Crippen LogP contribution is -2.46. The topological polar surface area (TPSA) is 135 Å². The van der Waals surface area contributed by atoms with Gasteiger partial charge >= 0.3 is 6.18 Å². The third kappa shape index (κ3) is 8.24. The summed E-state index contributed by atoms with van der Waals surface area (Å²) in [4.78, 5) is 20.5. The fraction of sp³-hybridized carbons (Fsp3) is 0.360. The van der Waals surface area contributed by atoms with Gasteiger partial charge in [-0.1, -0.05) is 11.6 Å². The Hall–Kier alpha value is -3.56. The highest BCUT2D eigenvalue weighted by atomic mass is 35.5. The van der Waals surface area contributed by atoms with E-state index in [-0.39, 0.29) is 35.0 Å². The number of nitrogens with zero attached hydrogens (tertiary/aromatic N) is 4. The molecule has 10 nitrogen and oxygen atoms in total. The minimum absolute atomic E-state index is 0.0382. The average molecular weight is 620 g/mol. The van der Waals surface area contributed by atoms with Crippen LogP contribution < -0.4 is 9.46 Å². The van der Waals surface area contributed by atoms with E-state index in [1.165, 1.54) is 12.3 Å². The molecule has 0 radical (unpaired) electrons. The SMILES string of the molecule is CN(C)[C@H]1C[C@@H](c2ccnc(C(F)(F)F)c2)CC[C@@H]1Oc1cc(F)c(S(=O)(=O)Nc2ccncn2)cc1Cl.O=CO. The summed E-state index contributed by atoms with van der Waals surface area (Å²) in [7, 11) is -0.715. The van der Waals surface area contributed by atoms with Crippen LogP contribution in [0.4, 0.5) is 23.4 Å². The molecule has 2 heterocycles. The van der Waals surface area contributed by atoms with Crippen molar-refractivity contribution in [1.29, 1.82) is 0 Å². The lowest BCUT2D eigenvalue weighted by Gasteiger charge is -2.40. The van der Waals surface area contributed by atoms with Crippen LogP contribution in [0.3, 0.4) is 0 Å². The van der Waals surface area contributed by atoms with E-state index in [1.54, 1.807) is 6.07 Å². The number of hydrogen-bond donors (Lipinski definition) is 2. The number of likely N-dealkylation sites (N-methyl/N-ethyl adjacent to an activating group) is 1. The van der Waals surface area contributed by atoms with Crippen molar-refractivity contribution in [3.63, 3.8) is 0 Å². The van der Waals surface area contributed by atoms with Gasteiger partial charge in [-0.05, 0) is 69.1 Å². The van der Waals surface area contributed by atoms with Crippen molar-refractivity contribution < 1.29 is 40.6 Å². The first-order valence-electron chi connectivity index (χ1n) is 12.0. The van der Waals surface area contributed by atoms with Crippen LogP contribution in [0.25, 0.3) is 0 Å². The number of ether oxygens (including phenoxy) is 1. The molecule has 222 valence electrons. The monoisotopic (exact) mass is 619 g/mol. The van der Waals surface area contributed by atoms with Crippen LogP contribution in [-0.4, -0.2) is 66.1 Å². The van der Waals surface area contributed by atoms with E-state index >= 15 is 0 Å². The predicted octanol–water partition coefficient (Wildman–Crippen LogP) is 4.83. The number of halogens is 5. The second-order valence-corrected chi connectivity index (χ2v) is 11.2. The van der Waals surface area contributed by atoms with E-state index in [2.05, 4.69) is 19.7 Å². The molecular weight excluding hydrogens is 594 g/mol. The first-order chi connectivity index (χ1) is 19.3. The van der Waals surface area contributed by atoms with Crippen molar-refractivity contribution in [2.45, 2.75) is 48.4 Å². The molecule has 3 atom stereocenters. The molecular formula is C25H26ClF4N5O5S. The quantitative estimate of drug-likeness (QED) is 0.282. The van der Waals surface area contributed by atoms with Crippen LogP contribution in [0.15, 0.2) is 53.9 Å². The van der Waals surface area contributed by atoms with Crippen molar-refractivity contribution >= 4 is 33.9 Å². The highest BCUT2D eigenvalue weighted by molar-refractivity contribution is 7.92. The number of hydrogen-bond acceptors (Lipinski definition) is 8. The van der Waals surface area contributed by atoms with Gasteiger partial charge in [0.25, 0.3) is 16.5 Å². The van der Waals surface area contributed by atoms with Gasteiger partial charge in [0.2, 0.25) is 0 Å². The van der Waals surface area contributed by atoms with Gasteiger partial charge in [-0.15, -0.1) is 0 Å². The number of carbonyl (C=O) groups is 1. The maximum Gasteiger partial charge on any atom is 0.433 e. The van der Waals surface area contributed by atoms with Crippen molar-refractivity contribution in [2.24, 2.45) is 0 Å². The van der Waals surface area contributed by atoms with E-state index in [0.29, 0.717) is 24.8 Å². The van der Waals surface area contributed by atoms with Gasteiger partial charge in [-0.3, -0.25) is 14.5 Å². The third-order valence-corrected chi connectivity index (χ3v) is 8.00. The van der Waals surface area contributed by atoms with Gasteiger partial charge in [0.05, 0.1) is 5.02 Å². The largest absolute Gasteiger partial charge is 0.487 e. The van der Waals surface area contributed by atoms with Crippen LogP contribution in [0.2, 0.25) is 5.02 Å². The van der Waals surface area contributed by atoms with Crippen molar-refractivity contribution in [1.82, 2.24) is 19.9 Å². The number of sulfonamides is 1. The highest BCUT2D eigenvalue weighted by Crippen LogP contribution is 2.40. The Bertz CT molecular complexity index is 1450. The number of pyridine rings is 1. The summed E-state index contributed by atoms with van der Waals surface area (Å²) in [5.74, 6) is -1.32. The summed E-state index contributed by atoms with van der Waals surface area (Å²) in [5, 5.41) is 6.78. The first kappa shape index (κ1) is 32.0. The van der Waals surface area contributed by atoms with Crippen LogP contribution in [0.1, 0.15) is 36.4 Å². The number of anilines is 1. The van der Waals surface area contributed by atoms with Crippen LogP contribution in [0.5, 0.6) is 5.75 Å². The van der Waals surface area contributed by atoms with Gasteiger partial charge in [0.15, 0.2) is 0 Å². The molecule has 0 amide bonds. The fourth-order valence-electron chi connectivity index (χ4n) is 4.47. The van der Waals surface area contributed by atoms with E-state index in [9.17, 15) is 26.0 Å². The second-order valence-electron chi connectivity index (χ2n) is 9.19. The molecule has 0 aliphatic heterocycles. The van der Waals surface area contributed by atoms with Crippen LogP contribution >= 0.6 is 11.6 Å². The van der Waals surface area contributed by atoms with Gasteiger partial charge in [-0.2, -0.15) is 13.2 Å². The Labute approximate surface area is 238 Å². The molecule has 0 bridgehead atoms. The summed E-state index contributed by atoms with van der Waals surface area (Å²) in [6, 6.07) is 5.59. The Morgan fingerprint density at radius 2 is 1.85 bits per heavy atom. The molecule has 2 N–H and O–H groups in total. The average Bonchev–Trinajstić information content (AvgIpc) is 2.91. The molecule has 1 aromatic carbocycles. The molecule has 41 heavy (non-hydrogen) atoms. The van der Waals surface area contributed by atoms with E-state index in [4.69, 9.17) is 26.2 Å². The maximum absolute atomic E-state index is 15.0. The summed E-state index contributed by atoms with van der Waals surface area (Å²) >= 11 is 6.31. The highest BCUT2D eigenvalue weighted by Gasteiger charge is 2.37. The number of aromatic nitrogens is 3. The minimum Gasteiger partial charge on any atom is -0.487 e. The summed E-state index contributed by atoms with van der Waals surface area (Å²) in [5.41, 5.74) is -0.409. The standard InChI is InChI=1S/C24H24ClF4N5O3S.CH2O2/c1-34(2)18-9-14(15-5-8-31-22(10-15)24(27,28)29)3-4-19(18)37-20-12-17(26)21(11-16(20)25)38(35,36)33-23-6-7-30-13-32-23;2-1-3/h5-8,10-14,18-19H,3-4,9H2,1-2H3,(H,30,32,33);1H,(H,2,3)/t14-,18-,19-;/m0./s1. The summed E-state index contributed by atoms with van der Waals surface area (Å²) in [6.45, 7) is -0.250. The zero-order chi connectivity index (χ0) is 30.4. The van der Waals surface area contributed by atoms with Gasteiger partial charge < -0.3 is 14.7 Å². The van der Waals surface area contributed by atoms with Gasteiger partial charge in [-0.25, -0.2) is 22.8 Å². The lowest BCUT2D eigenvalue weighted by molar-refractivity contribution is -0.141. The Morgan fingerprint density at radius 3 is 2.46 bits per heavy atom. The maximum atomic E-state index is 15.0. The van der Waals surface area contributed by atoms with Crippen LogP contribution in [-0.2, 0) is 21.0 Å². The molecule has 1 saturated carbocycles. The number of benzene rings is 1. The van der Waals surface area contributed by atoms with E-state index < -0.39 is 38.7 Å². The predicted molar refractivity (Wildman–Crippen MR) is 141 cm³/mol. The molecule has 16 heteroatoms. The zero-order valence-corrected chi connectivity index (χ0v) is 23.3. The molecule has 0 saturated heterocycles. The number of carboxylic acid groups (broad SMARTS) is 1. The molecule has 1 fully saturated rings. The zero-order valence-electron chi connectivity index (χ0n) is 21.7. The number of nitrogens with one attached hydrogen (secondary N) is 1. The van der Waals surface area contributed by atoms with Crippen molar-refractivity contribution in [3.8, 4) is 5.75 Å². The molecule has 4 rings (SSSR count). The van der Waals surface area contributed by atoms with Crippen molar-refractivity contribution in [3.05, 3.63) is 71.2 Å². The third-order valence-electron chi connectivity index (χ3n) is 6.34. The van der Waals surface area contributed by atoms with Gasteiger partial charge in [0, 0.05) is 24.5 Å². The smallest absolute Gasteiger partial charge is 0.433 e. The molecule has 1 aliphatic rings. The summed E-state index contributed by atoms with van der Waals surface area (Å²) < 4.78 is 88.0. The van der Waals surface area contributed by atoms with Crippen LogP contribution in [0, 0.1) is 5.82 Å². The normalized spacial score (nSPS) is 19.2. The molecule has 2 aromatic heterocycles. The van der Waals surface area contributed by atoms with Crippen molar-refractivity contribution in [2.75, 3.05) is 18.8 Å². The summed E-state index contributed by atoms with van der Waals surface area (Å²) in [6.07, 6.45) is 0.0577. The number of alkyl halides is 3. The Kier molecular flexibility index (Phi) is 10.4. The van der Waals surface area contributed by atoms with E-state index in [0.717, 1.165) is 30.7 Å². The van der Waals surface area contributed by atoms with E-state index in [1.807, 2.05) is 19.0 Å². The minimum atomic E-state index is -4.54.